The Balaban J connectivity index is 1.93. The highest BCUT2D eigenvalue weighted by Gasteiger charge is 2.17. The first-order valence-electron chi connectivity index (χ1n) is 7.01. The quantitative estimate of drug-likeness (QED) is 0.731. The number of benzene rings is 2. The van der Waals surface area contributed by atoms with Crippen LogP contribution in [0.2, 0.25) is 0 Å². The average molecular weight is 264 g/mol. The maximum absolute atomic E-state index is 5.97. The third-order valence-corrected chi connectivity index (χ3v) is 3.99. The van der Waals surface area contributed by atoms with Crippen LogP contribution in [-0.4, -0.2) is 11.5 Å². The van der Waals surface area contributed by atoms with E-state index >= 15 is 0 Å². The Kier molecular flexibility index (Phi) is 2.60. The Bertz CT molecular complexity index is 789. The van der Waals surface area contributed by atoms with E-state index in [2.05, 4.69) is 36.5 Å². The minimum atomic E-state index is 0.744. The van der Waals surface area contributed by atoms with E-state index in [1.165, 1.54) is 11.1 Å². The minimum Gasteiger partial charge on any atom is -0.436 e. The average Bonchev–Trinajstić information content (AvgIpc) is 2.92. The van der Waals surface area contributed by atoms with Crippen molar-refractivity contribution in [3.8, 4) is 11.5 Å². The maximum atomic E-state index is 5.97. The van der Waals surface area contributed by atoms with E-state index in [0.29, 0.717) is 0 Å². The number of oxazole rings is 1. The fourth-order valence-electron chi connectivity index (χ4n) is 2.93. The standard InChI is InChI=1S/C17H16N2O/c1-11-4-2-7-15-16(11)19-17(20-15)14-6-3-5-12-10-18-9-8-13(12)14/h2-7,18H,8-10H2,1H3. The Morgan fingerprint density at radius 3 is 2.95 bits per heavy atom. The van der Waals surface area contributed by atoms with Crippen molar-refractivity contribution in [3.05, 3.63) is 53.1 Å². The number of fused-ring (bicyclic) bond motifs is 2. The summed E-state index contributed by atoms with van der Waals surface area (Å²) in [6.45, 7) is 4.02. The summed E-state index contributed by atoms with van der Waals surface area (Å²) >= 11 is 0. The van der Waals surface area contributed by atoms with E-state index in [9.17, 15) is 0 Å². The van der Waals surface area contributed by atoms with Crippen molar-refractivity contribution in [1.29, 1.82) is 0 Å². The molecular formula is C17H16N2O. The number of nitrogens with one attached hydrogen (secondary N) is 1. The molecule has 0 bridgehead atoms. The van der Waals surface area contributed by atoms with E-state index in [0.717, 1.165) is 47.6 Å². The van der Waals surface area contributed by atoms with Crippen LogP contribution >= 0.6 is 0 Å². The van der Waals surface area contributed by atoms with Gasteiger partial charge in [-0.2, -0.15) is 0 Å². The van der Waals surface area contributed by atoms with Crippen molar-refractivity contribution in [1.82, 2.24) is 10.3 Å². The van der Waals surface area contributed by atoms with Crippen LogP contribution in [0.15, 0.2) is 40.8 Å². The second kappa shape index (κ2) is 4.46. The first-order chi connectivity index (χ1) is 9.83. The zero-order chi connectivity index (χ0) is 13.5. The number of hydrogen-bond donors (Lipinski definition) is 1. The van der Waals surface area contributed by atoms with Crippen LogP contribution in [0, 0.1) is 6.92 Å². The molecular weight excluding hydrogens is 248 g/mol. The number of rotatable bonds is 1. The van der Waals surface area contributed by atoms with E-state index in [1.54, 1.807) is 0 Å². The smallest absolute Gasteiger partial charge is 0.227 e. The normalized spacial score (nSPS) is 14.4. The molecule has 0 spiro atoms. The molecule has 0 aliphatic carbocycles. The van der Waals surface area contributed by atoms with Crippen molar-refractivity contribution in [3.63, 3.8) is 0 Å². The van der Waals surface area contributed by atoms with Gasteiger partial charge in [-0.1, -0.05) is 24.3 Å². The molecule has 0 atom stereocenters. The van der Waals surface area contributed by atoms with Crippen LogP contribution < -0.4 is 5.32 Å². The van der Waals surface area contributed by atoms with E-state index in [4.69, 9.17) is 9.40 Å². The summed E-state index contributed by atoms with van der Waals surface area (Å²) in [5, 5.41) is 3.40. The molecule has 100 valence electrons. The van der Waals surface area contributed by atoms with Crippen molar-refractivity contribution >= 4 is 11.1 Å². The molecule has 1 aliphatic heterocycles. The minimum absolute atomic E-state index is 0.744. The SMILES string of the molecule is Cc1cccc2oc(-c3cccc4c3CCNC4)nc12. The lowest BCUT2D eigenvalue weighted by Gasteiger charge is -2.18. The lowest BCUT2D eigenvalue weighted by atomic mass is 9.95. The Labute approximate surface area is 117 Å². The van der Waals surface area contributed by atoms with Gasteiger partial charge in [0.05, 0.1) is 0 Å². The predicted octanol–water partition coefficient (Wildman–Crippen LogP) is 3.45. The van der Waals surface area contributed by atoms with Gasteiger partial charge in [-0.05, 0) is 48.7 Å². The third kappa shape index (κ3) is 1.74. The van der Waals surface area contributed by atoms with Gasteiger partial charge in [-0.3, -0.25) is 0 Å². The van der Waals surface area contributed by atoms with Gasteiger partial charge >= 0.3 is 0 Å². The Hall–Kier alpha value is -2.13. The number of aryl methyl sites for hydroxylation is 1. The summed E-state index contributed by atoms with van der Waals surface area (Å²) < 4.78 is 5.97. The topological polar surface area (TPSA) is 38.1 Å². The van der Waals surface area contributed by atoms with Gasteiger partial charge < -0.3 is 9.73 Å². The van der Waals surface area contributed by atoms with Gasteiger partial charge in [-0.25, -0.2) is 4.98 Å². The second-order valence-corrected chi connectivity index (χ2v) is 5.31. The Morgan fingerprint density at radius 1 is 1.15 bits per heavy atom. The monoisotopic (exact) mass is 264 g/mol. The van der Waals surface area contributed by atoms with Crippen molar-refractivity contribution in [2.45, 2.75) is 19.9 Å². The second-order valence-electron chi connectivity index (χ2n) is 5.31. The Morgan fingerprint density at radius 2 is 2.05 bits per heavy atom. The largest absolute Gasteiger partial charge is 0.436 e. The van der Waals surface area contributed by atoms with Gasteiger partial charge in [0.15, 0.2) is 5.58 Å². The molecule has 0 radical (unpaired) electrons. The van der Waals surface area contributed by atoms with E-state index in [-0.39, 0.29) is 0 Å². The number of para-hydroxylation sites is 1. The van der Waals surface area contributed by atoms with Crippen LogP contribution in [0.3, 0.4) is 0 Å². The summed E-state index contributed by atoms with van der Waals surface area (Å²) in [5.41, 5.74) is 6.85. The molecule has 20 heavy (non-hydrogen) atoms. The van der Waals surface area contributed by atoms with Gasteiger partial charge in [0.2, 0.25) is 5.89 Å². The molecule has 0 unspecified atom stereocenters. The molecule has 0 amide bonds. The first kappa shape index (κ1) is 11.7. The van der Waals surface area contributed by atoms with E-state index in [1.807, 2.05) is 12.1 Å². The number of nitrogens with zero attached hydrogens (tertiary/aromatic N) is 1. The highest BCUT2D eigenvalue weighted by molar-refractivity contribution is 5.80. The molecule has 2 heterocycles. The fourth-order valence-corrected chi connectivity index (χ4v) is 2.93. The lowest BCUT2D eigenvalue weighted by Crippen LogP contribution is -2.24. The molecule has 3 heteroatoms. The summed E-state index contributed by atoms with van der Waals surface area (Å²) in [4.78, 5) is 4.70. The van der Waals surface area contributed by atoms with Crippen LogP contribution in [0.4, 0.5) is 0 Å². The van der Waals surface area contributed by atoms with Gasteiger partial charge in [0, 0.05) is 12.1 Å². The van der Waals surface area contributed by atoms with Crippen molar-refractivity contribution < 1.29 is 4.42 Å². The first-order valence-corrected chi connectivity index (χ1v) is 7.01. The maximum Gasteiger partial charge on any atom is 0.227 e. The van der Waals surface area contributed by atoms with Crippen LogP contribution in [0.1, 0.15) is 16.7 Å². The highest BCUT2D eigenvalue weighted by atomic mass is 16.3. The molecule has 3 nitrogen and oxygen atoms in total. The van der Waals surface area contributed by atoms with Crippen molar-refractivity contribution in [2.24, 2.45) is 0 Å². The molecule has 0 saturated carbocycles. The molecule has 1 aliphatic rings. The van der Waals surface area contributed by atoms with Crippen LogP contribution in [0.25, 0.3) is 22.6 Å². The fraction of sp³-hybridized carbons (Fsp3) is 0.235. The summed E-state index contributed by atoms with van der Waals surface area (Å²) in [7, 11) is 0. The number of hydrogen-bond acceptors (Lipinski definition) is 3. The lowest BCUT2D eigenvalue weighted by molar-refractivity contribution is 0.611. The molecule has 1 N–H and O–H groups in total. The number of aromatic nitrogens is 1. The molecule has 4 rings (SSSR count). The highest BCUT2D eigenvalue weighted by Crippen LogP contribution is 2.31. The molecule has 3 aromatic rings. The summed E-state index contributed by atoms with van der Waals surface area (Å²) in [6.07, 6.45) is 1.03. The summed E-state index contributed by atoms with van der Waals surface area (Å²) in [6, 6.07) is 12.4. The predicted molar refractivity (Wildman–Crippen MR) is 79.6 cm³/mol. The van der Waals surface area contributed by atoms with Crippen LogP contribution in [0.5, 0.6) is 0 Å². The van der Waals surface area contributed by atoms with Gasteiger partial charge in [-0.15, -0.1) is 0 Å². The molecule has 2 aromatic carbocycles. The molecule has 1 aromatic heterocycles. The molecule has 0 fully saturated rings. The third-order valence-electron chi connectivity index (χ3n) is 3.99. The van der Waals surface area contributed by atoms with Crippen molar-refractivity contribution in [2.75, 3.05) is 6.54 Å². The zero-order valence-electron chi connectivity index (χ0n) is 11.4. The van der Waals surface area contributed by atoms with Gasteiger partial charge in [0.1, 0.15) is 5.52 Å². The van der Waals surface area contributed by atoms with Gasteiger partial charge in [0.25, 0.3) is 0 Å². The van der Waals surface area contributed by atoms with E-state index < -0.39 is 0 Å². The zero-order valence-corrected chi connectivity index (χ0v) is 11.4. The molecule has 0 saturated heterocycles. The van der Waals surface area contributed by atoms with Crippen LogP contribution in [-0.2, 0) is 13.0 Å². The summed E-state index contributed by atoms with van der Waals surface area (Å²) in [5.74, 6) is 0.744.